The highest BCUT2D eigenvalue weighted by molar-refractivity contribution is 5.49. The van der Waals surface area contributed by atoms with E-state index < -0.39 is 0 Å². The lowest BCUT2D eigenvalue weighted by molar-refractivity contribution is -0.953. The highest BCUT2D eigenvalue weighted by atomic mass is 35.5. The van der Waals surface area contributed by atoms with E-state index >= 15 is 0 Å². The van der Waals surface area contributed by atoms with Gasteiger partial charge in [-0.2, -0.15) is 0 Å². The molecule has 2 nitrogen and oxygen atoms in total. The molecule has 3 heterocycles. The zero-order valence-electron chi connectivity index (χ0n) is 14.2. The molecule has 0 aliphatic carbocycles. The second-order valence-electron chi connectivity index (χ2n) is 7.12. The maximum atomic E-state index is 2.63. The van der Waals surface area contributed by atoms with Gasteiger partial charge in [-0.05, 0) is 62.4 Å². The molecule has 0 aromatic heterocycles. The van der Waals surface area contributed by atoms with Gasteiger partial charge in [0.2, 0.25) is 0 Å². The quantitative estimate of drug-likeness (QED) is 0.689. The number of fused-ring (bicyclic) bond motifs is 3. The van der Waals surface area contributed by atoms with Crippen molar-refractivity contribution >= 4 is 0 Å². The Hall–Kier alpha value is -0.570. The van der Waals surface area contributed by atoms with Crippen LogP contribution in [-0.4, -0.2) is 48.7 Å². The molecule has 0 radical (unpaired) electrons. The second kappa shape index (κ2) is 5.91. The van der Waals surface area contributed by atoms with E-state index in [1.165, 1.54) is 67.0 Å². The molecular weight excluding hydrogens is 280 g/mol. The molecule has 1 aromatic carbocycles. The topological polar surface area (TPSA) is 3.24 Å². The lowest BCUT2D eigenvalue weighted by atomic mass is 9.88. The van der Waals surface area contributed by atoms with Crippen molar-refractivity contribution in [2.75, 3.05) is 39.3 Å². The average Bonchev–Trinajstić information content (AvgIpc) is 2.49. The summed E-state index contributed by atoms with van der Waals surface area (Å²) in [7, 11) is 0. The third kappa shape index (κ3) is 2.74. The molecule has 21 heavy (non-hydrogen) atoms. The summed E-state index contributed by atoms with van der Waals surface area (Å²) in [5.74, 6) is 0. The van der Waals surface area contributed by atoms with Crippen LogP contribution in [0.2, 0.25) is 0 Å². The van der Waals surface area contributed by atoms with Crippen LogP contribution in [0.25, 0.3) is 0 Å². The number of benzene rings is 1. The van der Waals surface area contributed by atoms with E-state index in [1.54, 1.807) is 16.7 Å². The van der Waals surface area contributed by atoms with Crippen LogP contribution in [0.5, 0.6) is 0 Å². The summed E-state index contributed by atoms with van der Waals surface area (Å²) in [4.78, 5) is 2.63. The molecule has 0 saturated carbocycles. The summed E-state index contributed by atoms with van der Waals surface area (Å²) in [5.41, 5.74) is 9.25. The Bertz CT molecular complexity index is 500. The van der Waals surface area contributed by atoms with Gasteiger partial charge < -0.3 is 16.9 Å². The molecule has 0 unspecified atom stereocenters. The van der Waals surface area contributed by atoms with Gasteiger partial charge in [-0.25, -0.2) is 0 Å². The van der Waals surface area contributed by atoms with E-state index in [2.05, 4.69) is 39.5 Å². The van der Waals surface area contributed by atoms with Crippen molar-refractivity contribution in [3.63, 3.8) is 0 Å². The minimum atomic E-state index is 0. The zero-order chi connectivity index (χ0) is 14.5. The minimum absolute atomic E-state index is 0. The minimum Gasteiger partial charge on any atom is -1.00 e. The largest absolute Gasteiger partial charge is 1.00 e. The molecule has 3 fully saturated rings. The van der Waals surface area contributed by atoms with Crippen LogP contribution in [-0.2, 0) is 6.54 Å². The smallest absolute Gasteiger partial charge is 0.105 e. The molecule has 0 N–H and O–H groups in total. The Morgan fingerprint density at radius 1 is 0.714 bits per heavy atom. The molecular formula is C18H29ClN2. The predicted molar refractivity (Wildman–Crippen MR) is 85.1 cm³/mol. The van der Waals surface area contributed by atoms with Crippen LogP contribution in [0.3, 0.4) is 0 Å². The standard InChI is InChI=1S/C18H29N2.ClH/c1-13-14(2)16(4)18(17(5)15(13)3)12-20-9-6-19(7-10-20)8-11-20;/h6-12H2,1-5H3;1H/q+1;/p-1. The fourth-order valence-electron chi connectivity index (χ4n) is 4.12. The summed E-state index contributed by atoms with van der Waals surface area (Å²) >= 11 is 0. The Morgan fingerprint density at radius 3 is 1.52 bits per heavy atom. The highest BCUT2D eigenvalue weighted by Gasteiger charge is 2.39. The van der Waals surface area contributed by atoms with Crippen LogP contribution in [0, 0.1) is 34.6 Å². The van der Waals surface area contributed by atoms with E-state index in [4.69, 9.17) is 0 Å². The van der Waals surface area contributed by atoms with E-state index in [0.29, 0.717) is 0 Å². The number of hydrogen-bond donors (Lipinski definition) is 0. The van der Waals surface area contributed by atoms with Crippen LogP contribution in [0.15, 0.2) is 0 Å². The maximum Gasteiger partial charge on any atom is 0.105 e. The van der Waals surface area contributed by atoms with Crippen LogP contribution in [0.1, 0.15) is 33.4 Å². The van der Waals surface area contributed by atoms with Crippen molar-refractivity contribution in [3.05, 3.63) is 33.4 Å². The highest BCUT2D eigenvalue weighted by Crippen LogP contribution is 2.31. The normalized spacial score (nSPS) is 27.6. The molecule has 118 valence electrons. The molecule has 2 bridgehead atoms. The van der Waals surface area contributed by atoms with Gasteiger partial charge in [0.25, 0.3) is 0 Å². The Labute approximate surface area is 136 Å². The number of hydrogen-bond acceptors (Lipinski definition) is 1. The first kappa shape index (κ1) is 16.8. The van der Waals surface area contributed by atoms with Crippen molar-refractivity contribution in [3.8, 4) is 0 Å². The monoisotopic (exact) mass is 308 g/mol. The number of nitrogens with zero attached hydrogens (tertiary/aromatic N) is 2. The van der Waals surface area contributed by atoms with E-state index in [1.807, 2.05) is 0 Å². The summed E-state index contributed by atoms with van der Waals surface area (Å²) in [6.45, 7) is 20.8. The number of quaternary nitrogens is 1. The van der Waals surface area contributed by atoms with Crippen LogP contribution < -0.4 is 12.4 Å². The van der Waals surface area contributed by atoms with Gasteiger partial charge in [0.15, 0.2) is 0 Å². The lowest BCUT2D eigenvalue weighted by Gasteiger charge is -2.51. The average molecular weight is 309 g/mol. The Morgan fingerprint density at radius 2 is 1.10 bits per heavy atom. The van der Waals surface area contributed by atoms with Gasteiger partial charge in [-0.1, -0.05) is 0 Å². The fourth-order valence-corrected chi connectivity index (χ4v) is 4.12. The number of rotatable bonds is 2. The number of halogens is 1. The van der Waals surface area contributed by atoms with Crippen molar-refractivity contribution in [2.45, 2.75) is 41.2 Å². The summed E-state index contributed by atoms with van der Waals surface area (Å²) in [6.07, 6.45) is 0. The van der Waals surface area contributed by atoms with Gasteiger partial charge in [0, 0.05) is 25.2 Å². The molecule has 0 spiro atoms. The van der Waals surface area contributed by atoms with Crippen molar-refractivity contribution in [1.82, 2.24) is 4.90 Å². The van der Waals surface area contributed by atoms with Crippen molar-refractivity contribution in [1.29, 1.82) is 0 Å². The molecule has 3 aliphatic heterocycles. The lowest BCUT2D eigenvalue weighted by Crippen LogP contribution is -3.00. The first-order valence-corrected chi connectivity index (χ1v) is 8.07. The van der Waals surface area contributed by atoms with Crippen molar-refractivity contribution < 1.29 is 16.9 Å². The van der Waals surface area contributed by atoms with Gasteiger partial charge in [-0.15, -0.1) is 0 Å². The summed E-state index contributed by atoms with van der Waals surface area (Å²) in [5, 5.41) is 0. The maximum absolute atomic E-state index is 2.63. The summed E-state index contributed by atoms with van der Waals surface area (Å²) < 4.78 is 1.33. The van der Waals surface area contributed by atoms with Crippen LogP contribution >= 0.6 is 0 Å². The van der Waals surface area contributed by atoms with Gasteiger partial charge in [0.05, 0.1) is 19.6 Å². The van der Waals surface area contributed by atoms with Gasteiger partial charge in [-0.3, -0.25) is 4.90 Å². The Balaban J connectivity index is 0.00000161. The Kier molecular flexibility index (Phi) is 4.72. The molecule has 3 heteroatoms. The van der Waals surface area contributed by atoms with Crippen molar-refractivity contribution in [2.24, 2.45) is 0 Å². The number of piperazine rings is 3. The zero-order valence-corrected chi connectivity index (χ0v) is 15.0. The predicted octanol–water partition coefficient (Wildman–Crippen LogP) is -0.121. The van der Waals surface area contributed by atoms with Gasteiger partial charge >= 0.3 is 0 Å². The molecule has 1 aromatic rings. The molecule has 0 atom stereocenters. The van der Waals surface area contributed by atoms with E-state index in [-0.39, 0.29) is 12.4 Å². The SMILES string of the molecule is Cc1c(C)c(C)c(C[N+]23CCN(CC2)CC3)c(C)c1C.[Cl-]. The molecule has 3 aliphatic rings. The molecule has 0 amide bonds. The second-order valence-corrected chi connectivity index (χ2v) is 7.12. The molecule has 3 saturated heterocycles. The van der Waals surface area contributed by atoms with E-state index in [0.717, 1.165) is 0 Å². The summed E-state index contributed by atoms with van der Waals surface area (Å²) in [6, 6.07) is 0. The third-order valence-electron chi connectivity index (χ3n) is 6.32. The molecule has 4 rings (SSSR count). The van der Waals surface area contributed by atoms with Crippen LogP contribution in [0.4, 0.5) is 0 Å². The first-order valence-electron chi connectivity index (χ1n) is 8.07. The van der Waals surface area contributed by atoms with E-state index in [9.17, 15) is 0 Å². The fraction of sp³-hybridized carbons (Fsp3) is 0.667. The third-order valence-corrected chi connectivity index (χ3v) is 6.32. The first-order chi connectivity index (χ1) is 9.43. The van der Waals surface area contributed by atoms with Gasteiger partial charge in [0.1, 0.15) is 6.54 Å².